The van der Waals surface area contributed by atoms with Crippen LogP contribution >= 0.6 is 0 Å². The molecule has 0 aromatic heterocycles. The van der Waals surface area contributed by atoms with Gasteiger partial charge in [0.25, 0.3) is 5.91 Å². The maximum Gasteiger partial charge on any atom is 0.425 e. The minimum atomic E-state index is -4.65. The second-order valence-electron chi connectivity index (χ2n) is 8.12. The lowest BCUT2D eigenvalue weighted by molar-refractivity contribution is -0.189. The van der Waals surface area contributed by atoms with Crippen molar-refractivity contribution in [3.8, 4) is 17.2 Å². The number of likely N-dealkylation sites (tertiary alicyclic amines) is 1. The first-order valence-corrected chi connectivity index (χ1v) is 12.4. The number of alkyl halides is 3. The van der Waals surface area contributed by atoms with Crippen LogP contribution in [0.5, 0.6) is 17.2 Å². The molecule has 0 saturated carbocycles. The zero-order valence-electron chi connectivity index (χ0n) is 19.0. The van der Waals surface area contributed by atoms with Gasteiger partial charge in [-0.2, -0.15) is 13.2 Å². The molecule has 0 spiro atoms. The fourth-order valence-electron chi connectivity index (χ4n) is 3.48. The molecule has 3 rings (SSSR count). The second kappa shape index (κ2) is 10.1. The summed E-state index contributed by atoms with van der Waals surface area (Å²) in [5.41, 5.74) is -0.226. The third-order valence-corrected chi connectivity index (χ3v) is 6.60. The quantitative estimate of drug-likeness (QED) is 0.545. The summed E-state index contributed by atoms with van der Waals surface area (Å²) in [5.74, 6) is 0.423. The molecule has 2 atom stereocenters. The van der Waals surface area contributed by atoms with E-state index in [1.807, 2.05) is 0 Å². The van der Waals surface area contributed by atoms with Crippen LogP contribution in [0.15, 0.2) is 47.4 Å². The Hall–Kier alpha value is -2.95. The van der Waals surface area contributed by atoms with Gasteiger partial charge in [0, 0.05) is 25.3 Å². The maximum atomic E-state index is 13.2. The minimum absolute atomic E-state index is 0.00242. The number of carbonyl (C=O) groups is 1. The summed E-state index contributed by atoms with van der Waals surface area (Å²) in [7, 11) is -2.13. The van der Waals surface area contributed by atoms with E-state index in [1.165, 1.54) is 4.90 Å². The van der Waals surface area contributed by atoms with Gasteiger partial charge < -0.3 is 19.1 Å². The van der Waals surface area contributed by atoms with Gasteiger partial charge in [-0.1, -0.05) is 0 Å². The zero-order chi connectivity index (χ0) is 25.1. The van der Waals surface area contributed by atoms with E-state index in [4.69, 9.17) is 14.2 Å². The fraction of sp³-hybridized carbons (Fsp3) is 0.435. The molecule has 2 unspecified atom stereocenters. The standard InChI is InChI=1S/C23H26F3NO6S/c1-15(23(24,25)26)33-21-9-8-19(34(3,29)30)12-20(21)22(28)27-11-10-16(13-27)14-32-18-6-4-17(31-2)5-7-18/h4-9,12,15-16H,10-11,13-14H2,1-3H3. The van der Waals surface area contributed by atoms with Crippen LogP contribution in [0, 0.1) is 5.92 Å². The molecule has 1 saturated heterocycles. The number of benzene rings is 2. The van der Waals surface area contributed by atoms with Crippen LogP contribution in [-0.2, 0) is 9.84 Å². The summed E-state index contributed by atoms with van der Waals surface area (Å²) in [6.45, 7) is 1.83. The van der Waals surface area contributed by atoms with E-state index in [1.54, 1.807) is 31.4 Å². The fourth-order valence-corrected chi connectivity index (χ4v) is 4.12. The number of hydrogen-bond acceptors (Lipinski definition) is 6. The largest absolute Gasteiger partial charge is 0.497 e. The third-order valence-electron chi connectivity index (χ3n) is 5.49. The van der Waals surface area contributed by atoms with E-state index in [0.717, 1.165) is 31.4 Å². The van der Waals surface area contributed by atoms with Crippen LogP contribution in [0.4, 0.5) is 13.2 Å². The van der Waals surface area contributed by atoms with E-state index in [0.29, 0.717) is 37.6 Å². The number of nitrogens with zero attached hydrogens (tertiary/aromatic N) is 1. The summed E-state index contributed by atoms with van der Waals surface area (Å²) in [4.78, 5) is 14.5. The number of amides is 1. The molecule has 0 N–H and O–H groups in total. The van der Waals surface area contributed by atoms with Crippen LogP contribution < -0.4 is 14.2 Å². The number of halogens is 3. The average Bonchev–Trinajstić information content (AvgIpc) is 3.25. The van der Waals surface area contributed by atoms with E-state index in [-0.39, 0.29) is 22.1 Å². The Morgan fingerprint density at radius 1 is 1.15 bits per heavy atom. The smallest absolute Gasteiger partial charge is 0.425 e. The monoisotopic (exact) mass is 501 g/mol. The van der Waals surface area contributed by atoms with Crippen molar-refractivity contribution in [3.05, 3.63) is 48.0 Å². The van der Waals surface area contributed by atoms with Crippen molar-refractivity contribution in [2.75, 3.05) is 33.1 Å². The molecule has 11 heteroatoms. The Morgan fingerprint density at radius 3 is 2.38 bits per heavy atom. The van der Waals surface area contributed by atoms with Gasteiger partial charge >= 0.3 is 6.18 Å². The highest BCUT2D eigenvalue weighted by molar-refractivity contribution is 7.90. The molecular formula is C23H26F3NO6S. The van der Waals surface area contributed by atoms with Crippen molar-refractivity contribution in [2.45, 2.75) is 30.5 Å². The highest BCUT2D eigenvalue weighted by atomic mass is 32.2. The van der Waals surface area contributed by atoms with Gasteiger partial charge in [0.2, 0.25) is 0 Å². The van der Waals surface area contributed by atoms with Gasteiger partial charge in [-0.25, -0.2) is 8.42 Å². The first-order valence-electron chi connectivity index (χ1n) is 10.5. The molecule has 0 radical (unpaired) electrons. The summed E-state index contributed by atoms with van der Waals surface area (Å²) in [6, 6.07) is 10.3. The predicted molar refractivity (Wildman–Crippen MR) is 118 cm³/mol. The Balaban J connectivity index is 1.74. The number of sulfone groups is 1. The van der Waals surface area contributed by atoms with E-state index < -0.39 is 28.0 Å². The van der Waals surface area contributed by atoms with Crippen molar-refractivity contribution in [1.29, 1.82) is 0 Å². The molecule has 1 aliphatic heterocycles. The van der Waals surface area contributed by atoms with Gasteiger partial charge in [0.1, 0.15) is 17.2 Å². The SMILES string of the molecule is COc1ccc(OCC2CCN(C(=O)c3cc(S(C)(=O)=O)ccc3OC(C)C(F)(F)F)C2)cc1. The molecule has 2 aromatic carbocycles. The van der Waals surface area contributed by atoms with Crippen molar-refractivity contribution in [1.82, 2.24) is 4.90 Å². The van der Waals surface area contributed by atoms with E-state index in [9.17, 15) is 26.4 Å². The van der Waals surface area contributed by atoms with Gasteiger partial charge in [-0.3, -0.25) is 4.79 Å². The van der Waals surface area contributed by atoms with Crippen molar-refractivity contribution >= 4 is 15.7 Å². The zero-order valence-corrected chi connectivity index (χ0v) is 19.8. The summed E-state index contributed by atoms with van der Waals surface area (Å²) in [6.07, 6.45) is -5.24. The normalized spacial score (nSPS) is 17.4. The molecule has 34 heavy (non-hydrogen) atoms. The van der Waals surface area contributed by atoms with Crippen molar-refractivity contribution in [2.24, 2.45) is 5.92 Å². The minimum Gasteiger partial charge on any atom is -0.497 e. The third kappa shape index (κ3) is 6.34. The molecule has 186 valence electrons. The number of methoxy groups -OCH3 is 1. The lowest BCUT2D eigenvalue weighted by Gasteiger charge is -2.22. The van der Waals surface area contributed by atoms with Gasteiger partial charge in [-0.05, 0) is 55.8 Å². The Kier molecular flexibility index (Phi) is 7.64. The van der Waals surface area contributed by atoms with E-state index in [2.05, 4.69) is 0 Å². The van der Waals surface area contributed by atoms with Gasteiger partial charge in [0.05, 0.1) is 24.2 Å². The molecule has 0 aliphatic carbocycles. The number of hydrogen-bond donors (Lipinski definition) is 0. The highest BCUT2D eigenvalue weighted by Crippen LogP contribution is 2.31. The van der Waals surface area contributed by atoms with Gasteiger partial charge in [0.15, 0.2) is 15.9 Å². The lowest BCUT2D eigenvalue weighted by atomic mass is 10.1. The van der Waals surface area contributed by atoms with Crippen molar-refractivity contribution < 1.29 is 40.6 Å². The van der Waals surface area contributed by atoms with E-state index >= 15 is 0 Å². The lowest BCUT2D eigenvalue weighted by Crippen LogP contribution is -2.33. The van der Waals surface area contributed by atoms with Crippen LogP contribution in [0.1, 0.15) is 23.7 Å². The van der Waals surface area contributed by atoms with Crippen LogP contribution in [-0.4, -0.2) is 64.6 Å². The molecule has 7 nitrogen and oxygen atoms in total. The molecule has 1 amide bonds. The molecule has 1 aliphatic rings. The Morgan fingerprint density at radius 2 is 1.79 bits per heavy atom. The van der Waals surface area contributed by atoms with Crippen molar-refractivity contribution in [3.63, 3.8) is 0 Å². The number of ether oxygens (including phenoxy) is 3. The summed E-state index contributed by atoms with van der Waals surface area (Å²) >= 11 is 0. The number of carbonyl (C=O) groups excluding carboxylic acids is 1. The predicted octanol–water partition coefficient (Wildman–Crippen LogP) is 3.97. The first-order chi connectivity index (χ1) is 15.9. The summed E-state index contributed by atoms with van der Waals surface area (Å²) in [5, 5.41) is 0. The molecule has 1 heterocycles. The topological polar surface area (TPSA) is 82.1 Å². The Labute approximate surface area is 196 Å². The van der Waals surface area contributed by atoms with Crippen LogP contribution in [0.2, 0.25) is 0 Å². The molecular weight excluding hydrogens is 475 g/mol. The van der Waals surface area contributed by atoms with Gasteiger partial charge in [-0.15, -0.1) is 0 Å². The second-order valence-corrected chi connectivity index (χ2v) is 10.1. The highest BCUT2D eigenvalue weighted by Gasteiger charge is 2.39. The van der Waals surface area contributed by atoms with Crippen LogP contribution in [0.25, 0.3) is 0 Å². The molecule has 1 fully saturated rings. The van der Waals surface area contributed by atoms with Crippen LogP contribution in [0.3, 0.4) is 0 Å². The molecule has 2 aromatic rings. The summed E-state index contributed by atoms with van der Waals surface area (Å²) < 4.78 is 78.9. The number of rotatable bonds is 8. The molecule has 0 bridgehead atoms. The maximum absolute atomic E-state index is 13.2. The average molecular weight is 502 g/mol. The first kappa shape index (κ1) is 25.7. The Bertz CT molecular complexity index is 1120.